The van der Waals surface area contributed by atoms with Crippen molar-refractivity contribution >= 4 is 9.84 Å². The molecular formula is C8H11NO3S. The monoisotopic (exact) mass is 201 g/mol. The van der Waals surface area contributed by atoms with Crippen molar-refractivity contribution in [2.75, 3.05) is 11.5 Å². The normalized spacial score (nSPS) is 21.2. The molecule has 1 aromatic heterocycles. The summed E-state index contributed by atoms with van der Waals surface area (Å²) >= 11 is 0. The molecule has 2 heterocycles. The average Bonchev–Trinajstić information content (AvgIpc) is 2.48. The highest BCUT2D eigenvalue weighted by atomic mass is 32.2. The molecule has 0 saturated carbocycles. The van der Waals surface area contributed by atoms with Gasteiger partial charge < -0.3 is 9.73 Å². The van der Waals surface area contributed by atoms with Crippen LogP contribution in [0, 0.1) is 0 Å². The fraction of sp³-hybridized carbons (Fsp3) is 0.500. The van der Waals surface area contributed by atoms with E-state index in [1.807, 2.05) is 12.1 Å². The summed E-state index contributed by atoms with van der Waals surface area (Å²) in [6, 6.07) is 3.78. The highest BCUT2D eigenvalue weighted by Gasteiger charge is 2.32. The fourth-order valence-electron chi connectivity index (χ4n) is 1.34. The maximum atomic E-state index is 10.8. The number of rotatable bonds is 3. The molecule has 0 radical (unpaired) electrons. The SMILES string of the molecule is O=S1(=O)CC(NCc2ccco2)C1. The summed E-state index contributed by atoms with van der Waals surface area (Å²) in [7, 11) is -2.71. The molecule has 72 valence electrons. The topological polar surface area (TPSA) is 59.3 Å². The molecule has 1 saturated heterocycles. The third kappa shape index (κ3) is 2.10. The number of furan rings is 1. The van der Waals surface area contributed by atoms with Gasteiger partial charge in [0.2, 0.25) is 0 Å². The zero-order chi connectivity index (χ0) is 9.31. The van der Waals surface area contributed by atoms with E-state index in [9.17, 15) is 8.42 Å². The summed E-state index contributed by atoms with van der Waals surface area (Å²) in [6.07, 6.45) is 1.61. The maximum absolute atomic E-state index is 10.8. The lowest BCUT2D eigenvalue weighted by Gasteiger charge is -2.26. The molecule has 2 rings (SSSR count). The molecule has 0 aliphatic carbocycles. The van der Waals surface area contributed by atoms with E-state index in [0.29, 0.717) is 6.54 Å². The molecule has 1 fully saturated rings. The lowest BCUT2D eigenvalue weighted by atomic mass is 10.3. The van der Waals surface area contributed by atoms with Crippen molar-refractivity contribution < 1.29 is 12.8 Å². The van der Waals surface area contributed by atoms with Gasteiger partial charge in [0, 0.05) is 6.04 Å². The zero-order valence-electron chi connectivity index (χ0n) is 7.06. The minimum absolute atomic E-state index is 0.107. The van der Waals surface area contributed by atoms with Gasteiger partial charge in [0.05, 0.1) is 24.3 Å². The van der Waals surface area contributed by atoms with Gasteiger partial charge in [-0.15, -0.1) is 0 Å². The Bertz CT molecular complexity index is 356. The van der Waals surface area contributed by atoms with Gasteiger partial charge >= 0.3 is 0 Å². The Labute approximate surface area is 76.9 Å². The van der Waals surface area contributed by atoms with Gasteiger partial charge in [-0.1, -0.05) is 0 Å². The van der Waals surface area contributed by atoms with Crippen LogP contribution in [0.4, 0.5) is 0 Å². The second kappa shape index (κ2) is 3.16. The molecule has 1 aliphatic heterocycles. The van der Waals surface area contributed by atoms with Crippen molar-refractivity contribution in [3.63, 3.8) is 0 Å². The fourth-order valence-corrected chi connectivity index (χ4v) is 2.70. The van der Waals surface area contributed by atoms with Gasteiger partial charge in [-0.2, -0.15) is 0 Å². The van der Waals surface area contributed by atoms with Crippen LogP contribution in [0.3, 0.4) is 0 Å². The molecular weight excluding hydrogens is 190 g/mol. The Morgan fingerprint density at radius 3 is 2.85 bits per heavy atom. The van der Waals surface area contributed by atoms with Crippen molar-refractivity contribution in [1.82, 2.24) is 5.32 Å². The van der Waals surface area contributed by atoms with Crippen molar-refractivity contribution in [2.45, 2.75) is 12.6 Å². The van der Waals surface area contributed by atoms with E-state index in [1.54, 1.807) is 6.26 Å². The van der Waals surface area contributed by atoms with Crippen LogP contribution in [-0.4, -0.2) is 26.0 Å². The van der Waals surface area contributed by atoms with Crippen LogP contribution in [0.5, 0.6) is 0 Å². The number of hydrogen-bond donors (Lipinski definition) is 1. The lowest BCUT2D eigenvalue weighted by molar-refractivity contribution is 0.451. The first-order valence-electron chi connectivity index (χ1n) is 4.12. The summed E-state index contributed by atoms with van der Waals surface area (Å²) < 4.78 is 26.7. The average molecular weight is 201 g/mol. The second-order valence-electron chi connectivity index (χ2n) is 3.23. The highest BCUT2D eigenvalue weighted by molar-refractivity contribution is 7.92. The first kappa shape index (κ1) is 8.77. The predicted molar refractivity (Wildman–Crippen MR) is 48.0 cm³/mol. The second-order valence-corrected chi connectivity index (χ2v) is 5.39. The molecule has 0 atom stereocenters. The van der Waals surface area contributed by atoms with Gasteiger partial charge in [0.15, 0.2) is 9.84 Å². The maximum Gasteiger partial charge on any atom is 0.153 e. The number of hydrogen-bond acceptors (Lipinski definition) is 4. The third-order valence-corrected chi connectivity index (χ3v) is 3.88. The van der Waals surface area contributed by atoms with E-state index in [4.69, 9.17) is 4.42 Å². The van der Waals surface area contributed by atoms with Crippen molar-refractivity contribution in [3.8, 4) is 0 Å². The molecule has 1 aromatic rings. The summed E-state index contributed by atoms with van der Waals surface area (Å²) in [5, 5.41) is 3.10. The molecule has 5 heteroatoms. The van der Waals surface area contributed by atoms with Gasteiger partial charge in [0.25, 0.3) is 0 Å². The Morgan fingerprint density at radius 2 is 2.31 bits per heavy atom. The van der Waals surface area contributed by atoms with Crippen molar-refractivity contribution in [1.29, 1.82) is 0 Å². The zero-order valence-corrected chi connectivity index (χ0v) is 7.88. The van der Waals surface area contributed by atoms with Gasteiger partial charge in [-0.25, -0.2) is 8.42 Å². The standard InChI is InChI=1S/C8H11NO3S/c10-13(11)5-7(6-13)9-4-8-2-1-3-12-8/h1-3,7,9H,4-6H2. The van der Waals surface area contributed by atoms with E-state index >= 15 is 0 Å². The third-order valence-electron chi connectivity index (χ3n) is 2.06. The minimum atomic E-state index is -2.71. The van der Waals surface area contributed by atoms with Crippen LogP contribution in [-0.2, 0) is 16.4 Å². The number of nitrogens with one attached hydrogen (secondary N) is 1. The molecule has 0 amide bonds. The predicted octanol–water partition coefficient (Wildman–Crippen LogP) is 0.166. The molecule has 4 nitrogen and oxygen atoms in total. The van der Waals surface area contributed by atoms with Gasteiger partial charge in [-0.05, 0) is 12.1 Å². The van der Waals surface area contributed by atoms with Crippen LogP contribution in [0.1, 0.15) is 5.76 Å². The minimum Gasteiger partial charge on any atom is -0.468 e. The Balaban J connectivity index is 1.77. The van der Waals surface area contributed by atoms with Crippen LogP contribution in [0.2, 0.25) is 0 Å². The molecule has 1 N–H and O–H groups in total. The largest absolute Gasteiger partial charge is 0.468 e. The summed E-state index contributed by atoms with van der Waals surface area (Å²) in [4.78, 5) is 0. The summed E-state index contributed by atoms with van der Waals surface area (Å²) in [5.41, 5.74) is 0. The van der Waals surface area contributed by atoms with E-state index in [-0.39, 0.29) is 17.5 Å². The van der Waals surface area contributed by atoms with Crippen molar-refractivity contribution in [2.24, 2.45) is 0 Å². The van der Waals surface area contributed by atoms with E-state index in [0.717, 1.165) is 5.76 Å². The van der Waals surface area contributed by atoms with E-state index in [2.05, 4.69) is 5.32 Å². The van der Waals surface area contributed by atoms with Gasteiger partial charge in [0.1, 0.15) is 5.76 Å². The molecule has 1 aliphatic rings. The van der Waals surface area contributed by atoms with E-state index in [1.165, 1.54) is 0 Å². The highest BCUT2D eigenvalue weighted by Crippen LogP contribution is 2.11. The Morgan fingerprint density at radius 1 is 1.54 bits per heavy atom. The lowest BCUT2D eigenvalue weighted by Crippen LogP contribution is -2.50. The van der Waals surface area contributed by atoms with Crippen LogP contribution in [0.15, 0.2) is 22.8 Å². The molecule has 0 unspecified atom stereocenters. The number of sulfone groups is 1. The van der Waals surface area contributed by atoms with Crippen molar-refractivity contribution in [3.05, 3.63) is 24.2 Å². The van der Waals surface area contributed by atoms with Crippen LogP contribution in [0.25, 0.3) is 0 Å². The summed E-state index contributed by atoms with van der Waals surface area (Å²) in [6.45, 7) is 0.604. The van der Waals surface area contributed by atoms with Crippen LogP contribution < -0.4 is 5.32 Å². The summed E-state index contributed by atoms with van der Waals surface area (Å²) in [5.74, 6) is 1.35. The molecule has 0 aromatic carbocycles. The van der Waals surface area contributed by atoms with Gasteiger partial charge in [-0.3, -0.25) is 0 Å². The quantitative estimate of drug-likeness (QED) is 0.757. The molecule has 0 bridgehead atoms. The van der Waals surface area contributed by atoms with E-state index < -0.39 is 9.84 Å². The smallest absolute Gasteiger partial charge is 0.153 e. The molecule has 13 heavy (non-hydrogen) atoms. The first-order valence-corrected chi connectivity index (χ1v) is 5.94. The Hall–Kier alpha value is -0.810. The Kier molecular flexibility index (Phi) is 2.13. The van der Waals surface area contributed by atoms with Crippen LogP contribution >= 0.6 is 0 Å². The molecule has 0 spiro atoms. The first-order chi connectivity index (χ1) is 6.16.